The number of aromatic nitrogens is 2. The number of hydrogen-bond acceptors (Lipinski definition) is 3. The Balaban J connectivity index is 1.52. The van der Waals surface area contributed by atoms with Crippen LogP contribution < -0.4 is 5.32 Å². The molecule has 6 heteroatoms. The number of para-hydroxylation sites is 2. The van der Waals surface area contributed by atoms with Gasteiger partial charge in [-0.15, -0.1) is 0 Å². The van der Waals surface area contributed by atoms with Crippen LogP contribution in [0.15, 0.2) is 47.6 Å². The first kappa shape index (κ1) is 15.6. The average Bonchev–Trinajstić information content (AvgIpc) is 2.97. The summed E-state index contributed by atoms with van der Waals surface area (Å²) >= 11 is 1.36. The first-order chi connectivity index (χ1) is 11.1. The number of aryl methyl sites for hydroxylation is 1. The minimum atomic E-state index is -0.236. The van der Waals surface area contributed by atoms with Gasteiger partial charge in [-0.2, -0.15) is 0 Å². The number of rotatable bonds is 5. The highest BCUT2D eigenvalue weighted by Gasteiger charge is 2.07. The maximum absolute atomic E-state index is 13.2. The molecule has 2 N–H and O–H groups in total. The Morgan fingerprint density at radius 3 is 2.91 bits per heavy atom. The van der Waals surface area contributed by atoms with E-state index in [1.165, 1.54) is 17.8 Å². The lowest BCUT2D eigenvalue weighted by Gasteiger charge is -2.06. The third-order valence-corrected chi connectivity index (χ3v) is 4.29. The summed E-state index contributed by atoms with van der Waals surface area (Å²) in [5, 5.41) is 3.55. The molecule has 1 amide bonds. The van der Waals surface area contributed by atoms with Gasteiger partial charge in [-0.25, -0.2) is 9.37 Å². The summed E-state index contributed by atoms with van der Waals surface area (Å²) < 4.78 is 13.2. The lowest BCUT2D eigenvalue weighted by Crippen LogP contribution is -2.24. The first-order valence-corrected chi connectivity index (χ1v) is 8.19. The number of imidazole rings is 1. The molecule has 118 valence electrons. The van der Waals surface area contributed by atoms with Crippen LogP contribution >= 0.6 is 11.8 Å². The van der Waals surface area contributed by atoms with E-state index < -0.39 is 0 Å². The molecule has 3 aromatic rings. The predicted molar refractivity (Wildman–Crippen MR) is 89.8 cm³/mol. The Morgan fingerprint density at radius 1 is 1.30 bits per heavy atom. The number of aromatic amines is 1. The van der Waals surface area contributed by atoms with Crippen LogP contribution in [0.3, 0.4) is 0 Å². The van der Waals surface area contributed by atoms with E-state index in [9.17, 15) is 9.18 Å². The molecule has 0 fully saturated rings. The number of thioether (sulfide) groups is 1. The number of benzene rings is 2. The third kappa shape index (κ3) is 3.90. The molecule has 23 heavy (non-hydrogen) atoms. The second-order valence-electron chi connectivity index (χ2n) is 5.21. The maximum atomic E-state index is 13.2. The van der Waals surface area contributed by atoms with Crippen LogP contribution in [0.25, 0.3) is 11.0 Å². The molecule has 0 atom stereocenters. The zero-order chi connectivity index (χ0) is 16.2. The Labute approximate surface area is 137 Å². The van der Waals surface area contributed by atoms with Gasteiger partial charge in [0.1, 0.15) is 5.82 Å². The largest absolute Gasteiger partial charge is 0.351 e. The molecule has 1 heterocycles. The molecule has 0 bridgehead atoms. The number of carbonyl (C=O) groups excluding carboxylic acids is 1. The minimum Gasteiger partial charge on any atom is -0.351 e. The van der Waals surface area contributed by atoms with Crippen molar-refractivity contribution in [1.29, 1.82) is 0 Å². The monoisotopic (exact) mass is 329 g/mol. The van der Waals surface area contributed by atoms with E-state index in [1.54, 1.807) is 19.1 Å². The fourth-order valence-corrected chi connectivity index (χ4v) is 2.91. The van der Waals surface area contributed by atoms with Crippen LogP contribution in [0.2, 0.25) is 0 Å². The Hall–Kier alpha value is -2.34. The van der Waals surface area contributed by atoms with Gasteiger partial charge in [0.15, 0.2) is 5.16 Å². The molecule has 0 spiro atoms. The van der Waals surface area contributed by atoms with Crippen molar-refractivity contribution in [2.24, 2.45) is 0 Å². The second-order valence-corrected chi connectivity index (χ2v) is 6.17. The highest BCUT2D eigenvalue weighted by Crippen LogP contribution is 2.18. The fourth-order valence-electron chi connectivity index (χ4n) is 2.20. The molecule has 2 aromatic carbocycles. The van der Waals surface area contributed by atoms with Crippen LogP contribution in [0.4, 0.5) is 4.39 Å². The quantitative estimate of drug-likeness (QED) is 0.705. The van der Waals surface area contributed by atoms with E-state index in [2.05, 4.69) is 15.3 Å². The predicted octanol–water partition coefficient (Wildman–Crippen LogP) is 3.42. The number of amides is 1. The van der Waals surface area contributed by atoms with Crippen LogP contribution in [0.5, 0.6) is 0 Å². The lowest BCUT2D eigenvalue weighted by atomic mass is 10.1. The maximum Gasteiger partial charge on any atom is 0.230 e. The second kappa shape index (κ2) is 6.83. The van der Waals surface area contributed by atoms with Crippen molar-refractivity contribution in [2.45, 2.75) is 18.6 Å². The summed E-state index contributed by atoms with van der Waals surface area (Å²) in [6.45, 7) is 2.10. The average molecular weight is 329 g/mol. The molecule has 0 unspecified atom stereocenters. The van der Waals surface area contributed by atoms with Gasteiger partial charge in [-0.3, -0.25) is 4.79 Å². The topological polar surface area (TPSA) is 57.8 Å². The lowest BCUT2D eigenvalue weighted by molar-refractivity contribution is -0.118. The highest BCUT2D eigenvalue weighted by molar-refractivity contribution is 7.99. The van der Waals surface area contributed by atoms with Gasteiger partial charge < -0.3 is 10.3 Å². The van der Waals surface area contributed by atoms with Crippen LogP contribution in [-0.4, -0.2) is 21.6 Å². The highest BCUT2D eigenvalue weighted by atomic mass is 32.2. The van der Waals surface area contributed by atoms with Crippen molar-refractivity contribution in [3.63, 3.8) is 0 Å². The van der Waals surface area contributed by atoms with Crippen molar-refractivity contribution in [2.75, 3.05) is 5.75 Å². The van der Waals surface area contributed by atoms with E-state index in [0.717, 1.165) is 21.8 Å². The van der Waals surface area contributed by atoms with Crippen molar-refractivity contribution < 1.29 is 9.18 Å². The molecule has 0 saturated carbocycles. The summed E-state index contributed by atoms with van der Waals surface area (Å²) in [5.74, 6) is -0.0436. The van der Waals surface area contributed by atoms with Gasteiger partial charge in [0.25, 0.3) is 0 Å². The van der Waals surface area contributed by atoms with Crippen LogP contribution in [0.1, 0.15) is 11.1 Å². The van der Waals surface area contributed by atoms with Crippen molar-refractivity contribution in [1.82, 2.24) is 15.3 Å². The summed E-state index contributed by atoms with van der Waals surface area (Å²) in [4.78, 5) is 19.5. The Bertz CT molecular complexity index is 814. The van der Waals surface area contributed by atoms with Gasteiger partial charge in [0.05, 0.1) is 16.8 Å². The minimum absolute atomic E-state index is 0.0857. The normalized spacial score (nSPS) is 10.9. The number of H-pyrrole nitrogens is 1. The number of nitrogens with one attached hydrogen (secondary N) is 2. The van der Waals surface area contributed by atoms with E-state index in [-0.39, 0.29) is 17.5 Å². The number of halogens is 1. The van der Waals surface area contributed by atoms with Crippen LogP contribution in [-0.2, 0) is 11.3 Å². The van der Waals surface area contributed by atoms with Gasteiger partial charge >= 0.3 is 0 Å². The number of nitrogens with zero attached hydrogens (tertiary/aromatic N) is 1. The zero-order valence-corrected chi connectivity index (χ0v) is 13.4. The van der Waals surface area contributed by atoms with Crippen molar-refractivity contribution in [3.8, 4) is 0 Å². The number of carbonyl (C=O) groups is 1. The van der Waals surface area contributed by atoms with Crippen LogP contribution in [0, 0.1) is 12.7 Å². The van der Waals surface area contributed by atoms with Gasteiger partial charge in [-0.05, 0) is 36.2 Å². The number of fused-ring (bicyclic) bond motifs is 1. The van der Waals surface area contributed by atoms with E-state index in [4.69, 9.17) is 0 Å². The smallest absolute Gasteiger partial charge is 0.230 e. The molecule has 3 rings (SSSR count). The molecule has 1 aromatic heterocycles. The fraction of sp³-hybridized carbons (Fsp3) is 0.176. The van der Waals surface area contributed by atoms with Crippen molar-refractivity contribution in [3.05, 3.63) is 59.4 Å². The molecule has 0 aliphatic carbocycles. The van der Waals surface area contributed by atoms with Crippen molar-refractivity contribution >= 4 is 28.7 Å². The number of hydrogen-bond donors (Lipinski definition) is 2. The summed E-state index contributed by atoms with van der Waals surface area (Å²) in [6.07, 6.45) is 0. The molecule has 0 saturated heterocycles. The first-order valence-electron chi connectivity index (χ1n) is 7.21. The summed E-state index contributed by atoms with van der Waals surface area (Å²) in [7, 11) is 0. The molecule has 0 aliphatic heterocycles. The van der Waals surface area contributed by atoms with Gasteiger partial charge in [-0.1, -0.05) is 36.0 Å². The van der Waals surface area contributed by atoms with E-state index in [0.29, 0.717) is 12.1 Å². The van der Waals surface area contributed by atoms with Gasteiger partial charge in [0.2, 0.25) is 5.91 Å². The molecule has 0 radical (unpaired) electrons. The summed E-state index contributed by atoms with van der Waals surface area (Å²) in [5.41, 5.74) is 3.30. The molecule has 4 nitrogen and oxygen atoms in total. The van der Waals surface area contributed by atoms with E-state index >= 15 is 0 Å². The van der Waals surface area contributed by atoms with E-state index in [1.807, 2.05) is 24.3 Å². The zero-order valence-electron chi connectivity index (χ0n) is 12.6. The SMILES string of the molecule is Cc1cc(CNC(=O)CSc2nc3ccccc3[nH]2)ccc1F. The Kier molecular flexibility index (Phi) is 4.62. The van der Waals surface area contributed by atoms with Gasteiger partial charge in [0, 0.05) is 6.54 Å². The summed E-state index contributed by atoms with van der Waals surface area (Å²) in [6, 6.07) is 12.6. The Morgan fingerprint density at radius 2 is 2.13 bits per heavy atom. The molecular formula is C17H16FN3OS. The third-order valence-electron chi connectivity index (χ3n) is 3.42. The standard InChI is InChI=1S/C17H16FN3OS/c1-11-8-12(6-7-13(11)18)9-19-16(22)10-23-17-20-14-4-2-3-5-15(14)21-17/h2-8H,9-10H2,1H3,(H,19,22)(H,20,21). The molecular weight excluding hydrogens is 313 g/mol. The molecule has 0 aliphatic rings.